The van der Waals surface area contributed by atoms with Crippen LogP contribution in [-0.4, -0.2) is 109 Å². The molecule has 0 saturated carbocycles. The lowest BCUT2D eigenvalue weighted by atomic mass is 9.94. The van der Waals surface area contributed by atoms with Crippen LogP contribution in [0.5, 0.6) is 0 Å². The predicted molar refractivity (Wildman–Crippen MR) is 194 cm³/mol. The second-order valence-electron chi connectivity index (χ2n) is 18.8. The van der Waals surface area contributed by atoms with Crippen LogP contribution in [0.3, 0.4) is 0 Å². The molecule has 0 spiro atoms. The number of rotatable bonds is 27. The third-order valence-corrected chi connectivity index (χ3v) is 9.71. The zero-order valence-corrected chi connectivity index (χ0v) is 34.2. The Hall–Kier alpha value is -0.360. The van der Waals surface area contributed by atoms with Crippen molar-refractivity contribution in [2.75, 3.05) is 33.0 Å². The highest BCUT2D eigenvalue weighted by atomic mass is 16.6. The molecule has 8 atom stereocenters. The van der Waals surface area contributed by atoms with Crippen molar-refractivity contribution in [3.8, 4) is 0 Å². The third kappa shape index (κ3) is 18.3. The summed E-state index contributed by atoms with van der Waals surface area (Å²) in [5.41, 5.74) is -2.01. The zero-order valence-electron chi connectivity index (χ0n) is 34.2. The van der Waals surface area contributed by atoms with E-state index in [1.165, 1.54) is 0 Å². The first kappa shape index (κ1) is 43.0. The van der Waals surface area contributed by atoms with Crippen molar-refractivity contribution in [1.29, 1.82) is 0 Å². The standard InChI is InChI=1S/C40H76O9/c1-16-40(15,19-30(4)48-39(13,14)22-33-25-43-33)45-27-34(49-36(7,8)18-29(3)47-38(11,12)21-32-24-42-32)26-44-35(5,6)17-28(2)46-37(9,10)20-31-23-41-31/h28-34H,16-27H2,1-15H3. The van der Waals surface area contributed by atoms with E-state index < -0.39 is 11.2 Å². The van der Waals surface area contributed by atoms with Gasteiger partial charge in [0, 0.05) is 38.5 Å². The second-order valence-corrected chi connectivity index (χ2v) is 18.8. The molecule has 3 fully saturated rings. The zero-order chi connectivity index (χ0) is 36.9. The van der Waals surface area contributed by atoms with Gasteiger partial charge in [-0.3, -0.25) is 0 Å². The van der Waals surface area contributed by atoms with Gasteiger partial charge in [0.05, 0.1) is 103 Å². The molecular formula is C40H76O9. The Morgan fingerprint density at radius 3 is 1.20 bits per heavy atom. The number of hydrogen-bond donors (Lipinski definition) is 0. The van der Waals surface area contributed by atoms with Gasteiger partial charge in [-0.15, -0.1) is 0 Å². The maximum atomic E-state index is 6.88. The van der Waals surface area contributed by atoms with Gasteiger partial charge in [0.2, 0.25) is 0 Å². The summed E-state index contributed by atoms with van der Waals surface area (Å²) in [6.45, 7) is 35.6. The maximum Gasteiger partial charge on any atom is 0.105 e. The van der Waals surface area contributed by atoms with E-state index in [9.17, 15) is 0 Å². The fourth-order valence-electron chi connectivity index (χ4n) is 7.69. The molecule has 3 aliphatic heterocycles. The van der Waals surface area contributed by atoms with Gasteiger partial charge in [-0.05, 0) is 103 Å². The molecule has 0 aromatic rings. The highest BCUT2D eigenvalue weighted by molar-refractivity contribution is 4.87. The molecule has 0 bridgehead atoms. The fraction of sp³-hybridized carbons (Fsp3) is 1.00. The van der Waals surface area contributed by atoms with Crippen molar-refractivity contribution in [3.63, 3.8) is 0 Å². The lowest BCUT2D eigenvalue weighted by Crippen LogP contribution is -2.44. The molecule has 0 aromatic carbocycles. The first-order valence-electron chi connectivity index (χ1n) is 19.2. The molecule has 8 unspecified atom stereocenters. The Morgan fingerprint density at radius 2 is 0.837 bits per heavy atom. The minimum absolute atomic E-state index is 0.00775. The molecule has 3 heterocycles. The van der Waals surface area contributed by atoms with Gasteiger partial charge >= 0.3 is 0 Å². The van der Waals surface area contributed by atoms with Crippen molar-refractivity contribution in [2.24, 2.45) is 0 Å². The van der Waals surface area contributed by atoms with Crippen molar-refractivity contribution >= 4 is 0 Å². The van der Waals surface area contributed by atoms with E-state index in [-0.39, 0.29) is 46.8 Å². The average Bonchev–Trinajstić information content (AvgIpc) is 3.73. The van der Waals surface area contributed by atoms with Crippen molar-refractivity contribution < 1.29 is 42.6 Å². The topological polar surface area (TPSA) is 93.0 Å². The molecule has 0 amide bonds. The average molecular weight is 701 g/mol. The van der Waals surface area contributed by atoms with Crippen molar-refractivity contribution in [3.05, 3.63) is 0 Å². The second kappa shape index (κ2) is 17.2. The highest BCUT2D eigenvalue weighted by Crippen LogP contribution is 2.33. The van der Waals surface area contributed by atoms with Gasteiger partial charge in [0.15, 0.2) is 0 Å². The summed E-state index contributed by atoms with van der Waals surface area (Å²) >= 11 is 0. The van der Waals surface area contributed by atoms with Crippen LogP contribution in [-0.2, 0) is 42.6 Å². The van der Waals surface area contributed by atoms with Crippen LogP contribution in [0, 0.1) is 0 Å². The molecule has 0 radical (unpaired) electrons. The van der Waals surface area contributed by atoms with Crippen molar-refractivity contribution in [2.45, 2.75) is 225 Å². The molecule has 9 nitrogen and oxygen atoms in total. The first-order valence-corrected chi connectivity index (χ1v) is 19.2. The Labute approximate surface area is 300 Å². The SMILES string of the molecule is CCC(C)(CC(C)OC(C)(C)CC1CO1)OCC(COC(C)(C)CC(C)OC(C)(C)CC1CO1)OC(C)(C)CC(C)OC(C)(C)CC1CO1. The van der Waals surface area contributed by atoms with Crippen LogP contribution in [0.1, 0.15) is 149 Å². The summed E-state index contributed by atoms with van der Waals surface area (Å²) in [5, 5.41) is 0. The molecule has 290 valence electrons. The van der Waals surface area contributed by atoms with Gasteiger partial charge in [0.1, 0.15) is 6.10 Å². The van der Waals surface area contributed by atoms with Crippen molar-refractivity contribution in [1.82, 2.24) is 0 Å². The minimum Gasteiger partial charge on any atom is -0.373 e. The summed E-state index contributed by atoms with van der Waals surface area (Å²) in [5.74, 6) is 0. The van der Waals surface area contributed by atoms with Crippen LogP contribution in [0.25, 0.3) is 0 Å². The van der Waals surface area contributed by atoms with E-state index in [1.54, 1.807) is 0 Å². The normalized spacial score (nSPS) is 25.4. The van der Waals surface area contributed by atoms with Gasteiger partial charge < -0.3 is 42.6 Å². The first-order chi connectivity index (χ1) is 22.4. The molecule has 3 saturated heterocycles. The molecule has 9 heteroatoms. The molecule has 3 aliphatic rings. The van der Waals surface area contributed by atoms with E-state index in [0.717, 1.165) is 64.8 Å². The smallest absolute Gasteiger partial charge is 0.105 e. The minimum atomic E-state index is -0.466. The van der Waals surface area contributed by atoms with Crippen LogP contribution >= 0.6 is 0 Å². The quantitative estimate of drug-likeness (QED) is 0.0786. The molecular weight excluding hydrogens is 624 g/mol. The number of ether oxygens (including phenoxy) is 9. The largest absolute Gasteiger partial charge is 0.373 e. The van der Waals surface area contributed by atoms with Crippen LogP contribution in [0.15, 0.2) is 0 Å². The lowest BCUT2D eigenvalue weighted by molar-refractivity contribution is -0.192. The van der Waals surface area contributed by atoms with Gasteiger partial charge in [-0.1, -0.05) is 6.92 Å². The molecule has 3 rings (SSSR count). The van der Waals surface area contributed by atoms with Crippen LogP contribution < -0.4 is 0 Å². The van der Waals surface area contributed by atoms with E-state index in [0.29, 0.717) is 31.5 Å². The summed E-state index contributed by atoms with van der Waals surface area (Å²) in [7, 11) is 0. The Bertz CT molecular complexity index is 982. The van der Waals surface area contributed by atoms with Gasteiger partial charge in [-0.2, -0.15) is 0 Å². The fourth-order valence-corrected chi connectivity index (χ4v) is 7.69. The maximum absolute atomic E-state index is 6.88. The monoisotopic (exact) mass is 701 g/mol. The molecule has 0 aromatic heterocycles. The molecule has 49 heavy (non-hydrogen) atoms. The Kier molecular flexibility index (Phi) is 15.1. The van der Waals surface area contributed by atoms with E-state index in [2.05, 4.69) is 104 Å². The summed E-state index contributed by atoms with van der Waals surface area (Å²) in [6, 6.07) is 0. The Morgan fingerprint density at radius 1 is 0.490 bits per heavy atom. The van der Waals surface area contributed by atoms with E-state index in [1.807, 2.05) is 0 Å². The van der Waals surface area contributed by atoms with Gasteiger partial charge in [0.25, 0.3) is 0 Å². The third-order valence-electron chi connectivity index (χ3n) is 9.71. The van der Waals surface area contributed by atoms with Crippen LogP contribution in [0.4, 0.5) is 0 Å². The predicted octanol–water partition coefficient (Wildman–Crippen LogP) is 8.22. The summed E-state index contributed by atoms with van der Waals surface area (Å²) in [4.78, 5) is 0. The Balaban J connectivity index is 1.62. The van der Waals surface area contributed by atoms with Gasteiger partial charge in [-0.25, -0.2) is 0 Å². The van der Waals surface area contributed by atoms with Crippen LogP contribution in [0.2, 0.25) is 0 Å². The van der Waals surface area contributed by atoms with E-state index >= 15 is 0 Å². The highest BCUT2D eigenvalue weighted by Gasteiger charge is 2.38. The van der Waals surface area contributed by atoms with E-state index in [4.69, 9.17) is 42.6 Å². The number of hydrogen-bond acceptors (Lipinski definition) is 9. The molecule has 0 aliphatic carbocycles. The summed E-state index contributed by atoms with van der Waals surface area (Å²) < 4.78 is 56.2. The lowest BCUT2D eigenvalue weighted by Gasteiger charge is -2.39. The number of epoxide rings is 3. The molecule has 0 N–H and O–H groups in total. The summed E-state index contributed by atoms with van der Waals surface area (Å²) in [6.07, 6.45) is 6.60.